The van der Waals surface area contributed by atoms with Crippen LogP contribution in [0.5, 0.6) is 11.5 Å². The number of hydrogen-bond acceptors (Lipinski definition) is 4. The molecule has 0 bridgehead atoms. The van der Waals surface area contributed by atoms with Gasteiger partial charge in [0.25, 0.3) is 5.91 Å². The first-order valence-corrected chi connectivity index (χ1v) is 6.51. The van der Waals surface area contributed by atoms with Crippen molar-refractivity contribution in [1.82, 2.24) is 0 Å². The van der Waals surface area contributed by atoms with Crippen LogP contribution >= 0.6 is 11.6 Å². The summed E-state index contributed by atoms with van der Waals surface area (Å²) in [5, 5.41) is 3.18. The van der Waals surface area contributed by atoms with Crippen molar-refractivity contribution in [3.63, 3.8) is 0 Å². The number of halogens is 1. The molecule has 3 N–H and O–H groups in total. The van der Waals surface area contributed by atoms with Crippen LogP contribution in [0.3, 0.4) is 0 Å². The lowest BCUT2D eigenvalue weighted by Crippen LogP contribution is -2.14. The van der Waals surface area contributed by atoms with Gasteiger partial charge < -0.3 is 20.5 Å². The van der Waals surface area contributed by atoms with Gasteiger partial charge in [-0.25, -0.2) is 0 Å². The number of rotatable bonds is 4. The van der Waals surface area contributed by atoms with E-state index in [4.69, 9.17) is 26.8 Å². The fourth-order valence-electron chi connectivity index (χ4n) is 1.82. The number of methoxy groups -OCH3 is 2. The van der Waals surface area contributed by atoms with Gasteiger partial charge in [-0.2, -0.15) is 0 Å². The Labute approximate surface area is 127 Å². The van der Waals surface area contributed by atoms with Crippen molar-refractivity contribution in [3.05, 3.63) is 47.0 Å². The van der Waals surface area contributed by atoms with Crippen LogP contribution in [0.25, 0.3) is 0 Å². The second-order valence-corrected chi connectivity index (χ2v) is 4.69. The number of carbonyl (C=O) groups is 1. The van der Waals surface area contributed by atoms with Crippen LogP contribution < -0.4 is 20.5 Å². The first-order valence-electron chi connectivity index (χ1n) is 6.13. The SMILES string of the molecule is COc1ccc(NC(=O)c2cc(Cl)ccc2N)c(OC)c1. The van der Waals surface area contributed by atoms with E-state index in [9.17, 15) is 4.79 Å². The van der Waals surface area contributed by atoms with Crippen molar-refractivity contribution in [2.45, 2.75) is 0 Å². The molecule has 2 aromatic rings. The number of carbonyl (C=O) groups excluding carboxylic acids is 1. The largest absolute Gasteiger partial charge is 0.497 e. The summed E-state index contributed by atoms with van der Waals surface area (Å²) in [5.41, 5.74) is 6.96. The minimum absolute atomic E-state index is 0.306. The van der Waals surface area contributed by atoms with Gasteiger partial charge in [-0.1, -0.05) is 11.6 Å². The molecular formula is C15H15ClN2O3. The monoisotopic (exact) mass is 306 g/mol. The van der Waals surface area contributed by atoms with Gasteiger partial charge >= 0.3 is 0 Å². The van der Waals surface area contributed by atoms with E-state index < -0.39 is 0 Å². The number of nitrogens with one attached hydrogen (secondary N) is 1. The Morgan fingerprint density at radius 2 is 1.90 bits per heavy atom. The predicted molar refractivity (Wildman–Crippen MR) is 83.4 cm³/mol. The third-order valence-corrected chi connectivity index (χ3v) is 3.15. The molecule has 0 aliphatic heterocycles. The van der Waals surface area contributed by atoms with Crippen molar-refractivity contribution < 1.29 is 14.3 Å². The Hall–Kier alpha value is -2.40. The van der Waals surface area contributed by atoms with E-state index >= 15 is 0 Å². The van der Waals surface area contributed by atoms with Crippen LogP contribution in [0, 0.1) is 0 Å². The molecule has 5 nitrogen and oxygen atoms in total. The Balaban J connectivity index is 2.29. The highest BCUT2D eigenvalue weighted by molar-refractivity contribution is 6.31. The molecule has 0 spiro atoms. The molecule has 110 valence electrons. The summed E-state index contributed by atoms with van der Waals surface area (Å²) in [6, 6.07) is 9.82. The summed E-state index contributed by atoms with van der Waals surface area (Å²) in [7, 11) is 3.07. The number of anilines is 2. The number of nitrogens with two attached hydrogens (primary N) is 1. The first kappa shape index (κ1) is 15.0. The van der Waals surface area contributed by atoms with Gasteiger partial charge in [0.2, 0.25) is 0 Å². The minimum atomic E-state index is -0.363. The Morgan fingerprint density at radius 1 is 1.14 bits per heavy atom. The van der Waals surface area contributed by atoms with Gasteiger partial charge in [-0.15, -0.1) is 0 Å². The third-order valence-electron chi connectivity index (χ3n) is 2.92. The van der Waals surface area contributed by atoms with E-state index in [1.165, 1.54) is 13.2 Å². The van der Waals surface area contributed by atoms with E-state index in [0.29, 0.717) is 33.5 Å². The lowest BCUT2D eigenvalue weighted by atomic mass is 10.1. The zero-order valence-corrected chi connectivity index (χ0v) is 12.4. The van der Waals surface area contributed by atoms with Gasteiger partial charge in [-0.05, 0) is 30.3 Å². The van der Waals surface area contributed by atoms with Crippen LogP contribution in [0.15, 0.2) is 36.4 Å². The van der Waals surface area contributed by atoms with Gasteiger partial charge in [-0.3, -0.25) is 4.79 Å². The van der Waals surface area contributed by atoms with E-state index in [2.05, 4.69) is 5.32 Å². The van der Waals surface area contributed by atoms with Crippen LogP contribution in [-0.2, 0) is 0 Å². The molecule has 0 aliphatic carbocycles. The maximum atomic E-state index is 12.3. The van der Waals surface area contributed by atoms with Gasteiger partial charge in [0.05, 0.1) is 25.5 Å². The van der Waals surface area contributed by atoms with Gasteiger partial charge in [0, 0.05) is 16.8 Å². The van der Waals surface area contributed by atoms with Crippen LogP contribution in [-0.4, -0.2) is 20.1 Å². The summed E-state index contributed by atoms with van der Waals surface area (Å²) in [4.78, 5) is 12.3. The highest BCUT2D eigenvalue weighted by Gasteiger charge is 2.13. The number of hydrogen-bond donors (Lipinski definition) is 2. The molecule has 0 unspecified atom stereocenters. The molecule has 0 heterocycles. The van der Waals surface area contributed by atoms with E-state index in [1.807, 2.05) is 0 Å². The molecule has 21 heavy (non-hydrogen) atoms. The predicted octanol–water partition coefficient (Wildman–Crippen LogP) is 3.19. The molecular weight excluding hydrogens is 292 g/mol. The van der Waals surface area contributed by atoms with Crippen LogP contribution in [0.1, 0.15) is 10.4 Å². The highest BCUT2D eigenvalue weighted by atomic mass is 35.5. The fourth-order valence-corrected chi connectivity index (χ4v) is 1.99. The molecule has 0 atom stereocenters. The highest BCUT2D eigenvalue weighted by Crippen LogP contribution is 2.30. The summed E-state index contributed by atoms with van der Waals surface area (Å²) in [5.74, 6) is 0.758. The minimum Gasteiger partial charge on any atom is -0.497 e. The Morgan fingerprint density at radius 3 is 2.57 bits per heavy atom. The molecule has 0 aromatic heterocycles. The van der Waals surface area contributed by atoms with Crippen LogP contribution in [0.2, 0.25) is 5.02 Å². The zero-order chi connectivity index (χ0) is 15.4. The van der Waals surface area contributed by atoms with Crippen molar-refractivity contribution in [2.24, 2.45) is 0 Å². The summed E-state index contributed by atoms with van der Waals surface area (Å²) in [6.45, 7) is 0. The first-order chi connectivity index (χ1) is 10.0. The quantitative estimate of drug-likeness (QED) is 0.851. The maximum Gasteiger partial charge on any atom is 0.257 e. The Kier molecular flexibility index (Phi) is 4.55. The normalized spacial score (nSPS) is 10.0. The van der Waals surface area contributed by atoms with Crippen molar-refractivity contribution >= 4 is 28.9 Å². The average molecular weight is 307 g/mol. The smallest absolute Gasteiger partial charge is 0.257 e. The summed E-state index contributed by atoms with van der Waals surface area (Å²) < 4.78 is 10.3. The maximum absolute atomic E-state index is 12.3. The molecule has 1 amide bonds. The van der Waals surface area contributed by atoms with E-state index in [0.717, 1.165) is 0 Å². The van der Waals surface area contributed by atoms with Crippen molar-refractivity contribution in [1.29, 1.82) is 0 Å². The lowest BCUT2D eigenvalue weighted by molar-refractivity contribution is 0.102. The average Bonchev–Trinajstić information content (AvgIpc) is 2.49. The number of nitrogen functional groups attached to an aromatic ring is 1. The Bertz CT molecular complexity index is 674. The number of benzene rings is 2. The molecule has 0 fully saturated rings. The molecule has 6 heteroatoms. The summed E-state index contributed by atoms with van der Waals surface area (Å²) >= 11 is 5.89. The van der Waals surface area contributed by atoms with Gasteiger partial charge in [0.15, 0.2) is 0 Å². The van der Waals surface area contributed by atoms with E-state index in [1.54, 1.807) is 37.4 Å². The third kappa shape index (κ3) is 3.38. The number of amides is 1. The second-order valence-electron chi connectivity index (χ2n) is 4.25. The fraction of sp³-hybridized carbons (Fsp3) is 0.133. The molecule has 0 aliphatic rings. The zero-order valence-electron chi connectivity index (χ0n) is 11.6. The topological polar surface area (TPSA) is 73.6 Å². The van der Waals surface area contributed by atoms with E-state index in [-0.39, 0.29) is 5.91 Å². The van der Waals surface area contributed by atoms with Crippen molar-refractivity contribution in [2.75, 3.05) is 25.3 Å². The molecule has 0 radical (unpaired) electrons. The molecule has 0 saturated carbocycles. The summed E-state index contributed by atoms with van der Waals surface area (Å²) in [6.07, 6.45) is 0. The standard InChI is InChI=1S/C15H15ClN2O3/c1-20-10-4-6-13(14(8-10)21-2)18-15(19)11-7-9(16)3-5-12(11)17/h3-8H,17H2,1-2H3,(H,18,19). The van der Waals surface area contributed by atoms with Gasteiger partial charge in [0.1, 0.15) is 11.5 Å². The molecule has 0 saturated heterocycles. The van der Waals surface area contributed by atoms with Crippen LogP contribution in [0.4, 0.5) is 11.4 Å². The second kappa shape index (κ2) is 6.37. The molecule has 2 rings (SSSR count). The van der Waals surface area contributed by atoms with Crippen molar-refractivity contribution in [3.8, 4) is 11.5 Å². The number of ether oxygens (including phenoxy) is 2. The molecule has 2 aromatic carbocycles. The lowest BCUT2D eigenvalue weighted by Gasteiger charge is -2.12.